The zero-order valence-electron chi connectivity index (χ0n) is 18.7. The Bertz CT molecular complexity index is 552. The highest BCUT2D eigenvalue weighted by molar-refractivity contribution is 5.66. The molecule has 0 radical (unpaired) electrons. The first-order valence-corrected chi connectivity index (χ1v) is 11.6. The van der Waals surface area contributed by atoms with Crippen molar-refractivity contribution >= 4 is 5.97 Å². The van der Waals surface area contributed by atoms with Crippen molar-refractivity contribution < 1.29 is 19.7 Å². The highest BCUT2D eigenvalue weighted by Crippen LogP contribution is 2.30. The van der Waals surface area contributed by atoms with Gasteiger partial charge in [-0.25, -0.2) is 0 Å². The molecule has 0 bridgehead atoms. The van der Waals surface area contributed by atoms with Gasteiger partial charge in [0.25, 0.3) is 0 Å². The van der Waals surface area contributed by atoms with Crippen LogP contribution >= 0.6 is 0 Å². The number of aryl methyl sites for hydroxylation is 1. The van der Waals surface area contributed by atoms with E-state index in [1.54, 1.807) is 0 Å². The zero-order valence-corrected chi connectivity index (χ0v) is 18.7. The molecule has 1 saturated carbocycles. The fourth-order valence-electron chi connectivity index (χ4n) is 3.88. The zero-order chi connectivity index (χ0) is 21.5. The van der Waals surface area contributed by atoms with Crippen LogP contribution in [0.15, 0.2) is 24.3 Å². The van der Waals surface area contributed by atoms with Crippen LogP contribution in [0.25, 0.3) is 0 Å². The van der Waals surface area contributed by atoms with Crippen LogP contribution < -0.4 is 4.74 Å². The highest BCUT2D eigenvalue weighted by atomic mass is 16.5. The molecule has 1 fully saturated rings. The molecule has 1 aromatic carbocycles. The van der Waals surface area contributed by atoms with Gasteiger partial charge in [-0.3, -0.25) is 4.79 Å². The number of unbranched alkanes of at least 4 members (excludes halogenated alkanes) is 3. The summed E-state index contributed by atoms with van der Waals surface area (Å²) in [4.78, 5) is 9.96. The van der Waals surface area contributed by atoms with Gasteiger partial charge in [-0.1, -0.05) is 77.0 Å². The van der Waals surface area contributed by atoms with Crippen LogP contribution in [0.4, 0.5) is 0 Å². The Kier molecular flexibility index (Phi) is 13.5. The minimum absolute atomic E-state index is 0.0856. The molecule has 2 unspecified atom stereocenters. The van der Waals surface area contributed by atoms with Gasteiger partial charge in [0, 0.05) is 6.42 Å². The lowest BCUT2D eigenvalue weighted by Crippen LogP contribution is -2.31. The lowest BCUT2D eigenvalue weighted by Gasteiger charge is -2.25. The number of ether oxygens (including phenoxy) is 1. The second-order valence-corrected chi connectivity index (χ2v) is 8.33. The predicted octanol–water partition coefficient (Wildman–Crippen LogP) is 6.53. The van der Waals surface area contributed by atoms with Crippen molar-refractivity contribution in [2.45, 2.75) is 110 Å². The van der Waals surface area contributed by atoms with E-state index in [0.717, 1.165) is 55.8 Å². The van der Waals surface area contributed by atoms with Gasteiger partial charge in [0.1, 0.15) is 11.9 Å². The number of rotatable bonds is 12. The van der Waals surface area contributed by atoms with E-state index in [1.807, 2.05) is 31.2 Å². The van der Waals surface area contributed by atoms with Crippen molar-refractivity contribution in [2.75, 3.05) is 0 Å². The molecule has 0 aromatic heterocycles. The molecule has 0 heterocycles. The summed E-state index contributed by atoms with van der Waals surface area (Å²) >= 11 is 0. The molecule has 0 amide bonds. The van der Waals surface area contributed by atoms with E-state index in [-0.39, 0.29) is 12.2 Å². The number of aliphatic hydroxyl groups is 1. The summed E-state index contributed by atoms with van der Waals surface area (Å²) in [6.45, 7) is 6.25. The Morgan fingerprint density at radius 2 is 1.83 bits per heavy atom. The minimum Gasteiger partial charge on any atom is -0.487 e. The molecule has 0 aliphatic heterocycles. The molecular weight excluding hydrogens is 364 g/mol. The molecule has 1 aliphatic rings. The van der Waals surface area contributed by atoms with Crippen molar-refractivity contribution in [1.82, 2.24) is 0 Å². The first kappa shape index (κ1) is 25.5. The van der Waals surface area contributed by atoms with Gasteiger partial charge in [0.15, 0.2) is 0 Å². The van der Waals surface area contributed by atoms with Crippen LogP contribution in [-0.2, 0) is 4.79 Å². The van der Waals surface area contributed by atoms with Crippen LogP contribution in [0, 0.1) is 12.8 Å². The summed E-state index contributed by atoms with van der Waals surface area (Å²) in [6, 6.07) is 8.04. The third kappa shape index (κ3) is 11.3. The normalized spacial score (nSPS) is 16.0. The molecule has 4 nitrogen and oxygen atoms in total. The number of benzene rings is 1. The summed E-state index contributed by atoms with van der Waals surface area (Å²) in [5.74, 6) is 1.06. The van der Waals surface area contributed by atoms with Gasteiger partial charge >= 0.3 is 5.97 Å². The number of carboxylic acid groups (broad SMARTS) is 1. The van der Waals surface area contributed by atoms with Crippen LogP contribution in [0.2, 0.25) is 0 Å². The van der Waals surface area contributed by atoms with Crippen molar-refractivity contribution in [1.29, 1.82) is 0 Å². The number of aliphatic carboxylic acids is 1. The molecule has 2 N–H and O–H groups in total. The number of hydrogen-bond acceptors (Lipinski definition) is 3. The average Bonchev–Trinajstić information content (AvgIpc) is 3.23. The third-order valence-electron chi connectivity index (χ3n) is 5.79. The van der Waals surface area contributed by atoms with Crippen molar-refractivity contribution in [3.63, 3.8) is 0 Å². The smallest absolute Gasteiger partial charge is 0.303 e. The van der Waals surface area contributed by atoms with Gasteiger partial charge in [0.2, 0.25) is 0 Å². The monoisotopic (exact) mass is 406 g/mol. The number of hydrogen-bond donors (Lipinski definition) is 2. The molecule has 1 aliphatic carbocycles. The second kappa shape index (κ2) is 15.3. The van der Waals surface area contributed by atoms with E-state index in [9.17, 15) is 9.90 Å². The number of carboxylic acids is 1. The lowest BCUT2D eigenvalue weighted by atomic mass is 9.97. The summed E-state index contributed by atoms with van der Waals surface area (Å²) in [7, 11) is 0. The number of carbonyl (C=O) groups is 1. The Morgan fingerprint density at radius 1 is 1.14 bits per heavy atom. The summed E-state index contributed by atoms with van der Waals surface area (Å²) in [5, 5.41) is 18.6. The molecule has 29 heavy (non-hydrogen) atoms. The SMILES string of the molecule is CCC(Oc1ccccc1C)C(O)CCC1CCCC1.CCCCCCC(=O)O. The molecule has 166 valence electrons. The first-order valence-electron chi connectivity index (χ1n) is 11.6. The van der Waals surface area contributed by atoms with E-state index in [1.165, 1.54) is 32.1 Å². The Hall–Kier alpha value is -1.55. The topological polar surface area (TPSA) is 66.8 Å². The second-order valence-electron chi connectivity index (χ2n) is 8.33. The Balaban J connectivity index is 0.000000396. The minimum atomic E-state index is -0.675. The van der Waals surface area contributed by atoms with Crippen LogP contribution in [0.5, 0.6) is 5.75 Å². The predicted molar refractivity (Wildman–Crippen MR) is 119 cm³/mol. The van der Waals surface area contributed by atoms with E-state index in [4.69, 9.17) is 9.84 Å². The van der Waals surface area contributed by atoms with E-state index < -0.39 is 5.97 Å². The molecule has 1 aromatic rings. The summed E-state index contributed by atoms with van der Waals surface area (Å²) in [5.41, 5.74) is 1.13. The average molecular weight is 407 g/mol. The van der Waals surface area contributed by atoms with Gasteiger partial charge in [-0.2, -0.15) is 0 Å². The van der Waals surface area contributed by atoms with Crippen molar-refractivity contribution in [3.8, 4) is 5.75 Å². The maximum Gasteiger partial charge on any atom is 0.303 e. The Morgan fingerprint density at radius 3 is 2.41 bits per heavy atom. The van der Waals surface area contributed by atoms with Gasteiger partial charge < -0.3 is 14.9 Å². The van der Waals surface area contributed by atoms with Crippen molar-refractivity contribution in [3.05, 3.63) is 29.8 Å². The van der Waals surface area contributed by atoms with Gasteiger partial charge in [-0.15, -0.1) is 0 Å². The molecule has 2 atom stereocenters. The number of aliphatic hydroxyl groups excluding tert-OH is 1. The largest absolute Gasteiger partial charge is 0.487 e. The standard InChI is InChI=1S/C18H28O2.C7H14O2/c1-3-17(20-18-11-7-4-8-14(18)2)16(19)13-12-15-9-5-6-10-15;1-2-3-4-5-6-7(8)9/h4,7-8,11,15-17,19H,3,5-6,9-10,12-13H2,1-2H3;2-6H2,1H3,(H,8,9). The van der Waals surface area contributed by atoms with E-state index in [2.05, 4.69) is 13.8 Å². The van der Waals surface area contributed by atoms with Gasteiger partial charge in [-0.05, 0) is 50.2 Å². The quantitative estimate of drug-likeness (QED) is 0.387. The van der Waals surface area contributed by atoms with Gasteiger partial charge in [0.05, 0.1) is 6.10 Å². The van der Waals surface area contributed by atoms with Crippen molar-refractivity contribution in [2.24, 2.45) is 5.92 Å². The molecule has 4 heteroatoms. The Labute approximate surface area is 177 Å². The molecule has 0 saturated heterocycles. The fourth-order valence-corrected chi connectivity index (χ4v) is 3.88. The lowest BCUT2D eigenvalue weighted by molar-refractivity contribution is -0.137. The molecule has 2 rings (SSSR count). The third-order valence-corrected chi connectivity index (χ3v) is 5.79. The maximum atomic E-state index is 10.4. The molecular formula is C25H42O4. The molecule has 0 spiro atoms. The van der Waals surface area contributed by atoms with E-state index in [0.29, 0.717) is 6.42 Å². The van der Waals surface area contributed by atoms with E-state index >= 15 is 0 Å². The fraction of sp³-hybridized carbons (Fsp3) is 0.720. The van der Waals surface area contributed by atoms with Crippen LogP contribution in [-0.4, -0.2) is 28.4 Å². The van der Waals surface area contributed by atoms with Crippen LogP contribution in [0.3, 0.4) is 0 Å². The highest BCUT2D eigenvalue weighted by Gasteiger charge is 2.22. The first-order chi connectivity index (χ1) is 14.0. The maximum absolute atomic E-state index is 10.4. The number of para-hydroxylation sites is 1. The summed E-state index contributed by atoms with van der Waals surface area (Å²) < 4.78 is 6.02. The summed E-state index contributed by atoms with van der Waals surface area (Å²) in [6.07, 6.45) is 12.4. The van der Waals surface area contributed by atoms with Crippen LogP contribution in [0.1, 0.15) is 96.5 Å².